The molecule has 3 rings (SSSR count). The zero-order chi connectivity index (χ0) is 15.5. The van der Waals surface area contributed by atoms with Crippen LogP contribution in [0.15, 0.2) is 18.2 Å². The fraction of sp³-hybridized carbons (Fsp3) is 0.286. The van der Waals surface area contributed by atoms with Crippen molar-refractivity contribution in [2.45, 2.75) is 13.0 Å². The van der Waals surface area contributed by atoms with E-state index in [-0.39, 0.29) is 22.4 Å². The van der Waals surface area contributed by atoms with Gasteiger partial charge in [-0.1, -0.05) is 17.7 Å². The molecule has 7 nitrogen and oxygen atoms in total. The first kappa shape index (κ1) is 14.5. The van der Waals surface area contributed by atoms with E-state index < -0.39 is 0 Å². The molecule has 0 unspecified atom stereocenters. The van der Waals surface area contributed by atoms with Gasteiger partial charge in [0.25, 0.3) is 5.91 Å². The SMILES string of the molecule is Nc1n[nH]c(C(=O)NCc2ccc3c(c2)OCCCO3)c1Cl. The number of nitrogen functional groups attached to an aromatic ring is 1. The fourth-order valence-corrected chi connectivity index (χ4v) is 2.25. The summed E-state index contributed by atoms with van der Waals surface area (Å²) in [5, 5.41) is 9.05. The van der Waals surface area contributed by atoms with Crippen molar-refractivity contribution in [1.29, 1.82) is 0 Å². The molecule has 0 saturated heterocycles. The zero-order valence-electron chi connectivity index (χ0n) is 11.7. The zero-order valence-corrected chi connectivity index (χ0v) is 12.4. The third kappa shape index (κ3) is 2.94. The molecule has 116 valence electrons. The van der Waals surface area contributed by atoms with E-state index in [0.717, 1.165) is 17.7 Å². The molecule has 0 saturated carbocycles. The van der Waals surface area contributed by atoms with Crippen LogP contribution in [0, 0.1) is 0 Å². The van der Waals surface area contributed by atoms with Crippen molar-refractivity contribution in [3.8, 4) is 11.5 Å². The summed E-state index contributed by atoms with van der Waals surface area (Å²) in [6.45, 7) is 1.58. The molecule has 1 aromatic carbocycles. The number of anilines is 1. The summed E-state index contributed by atoms with van der Waals surface area (Å²) in [6.07, 6.45) is 0.848. The number of nitrogens with two attached hydrogens (primary N) is 1. The summed E-state index contributed by atoms with van der Waals surface area (Å²) >= 11 is 5.88. The van der Waals surface area contributed by atoms with E-state index in [0.29, 0.717) is 25.5 Å². The van der Waals surface area contributed by atoms with Crippen molar-refractivity contribution in [2.24, 2.45) is 0 Å². The molecular formula is C14H15ClN4O3. The van der Waals surface area contributed by atoms with E-state index in [1.54, 1.807) is 0 Å². The van der Waals surface area contributed by atoms with E-state index >= 15 is 0 Å². The smallest absolute Gasteiger partial charge is 0.271 e. The van der Waals surface area contributed by atoms with Crippen LogP contribution >= 0.6 is 11.6 Å². The molecule has 2 heterocycles. The standard InChI is InChI=1S/C14H15ClN4O3/c15-11-12(18-19-13(11)16)14(20)17-7-8-2-3-9-10(6-8)22-5-1-4-21-9/h2-3,6H,1,4-5,7H2,(H,17,20)(H3,16,18,19). The number of hydrogen-bond acceptors (Lipinski definition) is 5. The Labute approximate surface area is 131 Å². The monoisotopic (exact) mass is 322 g/mol. The lowest BCUT2D eigenvalue weighted by molar-refractivity contribution is 0.0946. The number of aromatic nitrogens is 2. The van der Waals surface area contributed by atoms with Crippen LogP contribution in [0.25, 0.3) is 0 Å². The molecule has 0 radical (unpaired) electrons. The average Bonchev–Trinajstić information content (AvgIpc) is 2.74. The number of fused-ring (bicyclic) bond motifs is 1. The lowest BCUT2D eigenvalue weighted by Crippen LogP contribution is -2.23. The van der Waals surface area contributed by atoms with Gasteiger partial charge in [-0.3, -0.25) is 9.89 Å². The maximum Gasteiger partial charge on any atom is 0.271 e. The number of hydrogen-bond donors (Lipinski definition) is 3. The van der Waals surface area contributed by atoms with Crippen molar-refractivity contribution < 1.29 is 14.3 Å². The van der Waals surface area contributed by atoms with Gasteiger partial charge in [0.1, 0.15) is 10.7 Å². The predicted molar refractivity (Wildman–Crippen MR) is 81.2 cm³/mol. The molecule has 0 atom stereocenters. The molecule has 0 aliphatic carbocycles. The molecule has 0 spiro atoms. The van der Waals surface area contributed by atoms with Gasteiger partial charge < -0.3 is 20.5 Å². The molecule has 1 aliphatic rings. The van der Waals surface area contributed by atoms with Crippen LogP contribution in [0.4, 0.5) is 5.82 Å². The molecule has 1 amide bonds. The number of nitrogens with zero attached hydrogens (tertiary/aromatic N) is 1. The Bertz CT molecular complexity index is 701. The van der Waals surface area contributed by atoms with Gasteiger partial charge >= 0.3 is 0 Å². The summed E-state index contributed by atoms with van der Waals surface area (Å²) < 4.78 is 11.2. The first-order valence-corrected chi connectivity index (χ1v) is 7.19. The van der Waals surface area contributed by atoms with Crippen LogP contribution in [0.3, 0.4) is 0 Å². The van der Waals surface area contributed by atoms with Gasteiger partial charge in [0.2, 0.25) is 0 Å². The van der Waals surface area contributed by atoms with Gasteiger partial charge in [0.05, 0.1) is 13.2 Å². The Balaban J connectivity index is 1.68. The second-order valence-electron chi connectivity index (χ2n) is 4.81. The highest BCUT2D eigenvalue weighted by Crippen LogP contribution is 2.30. The van der Waals surface area contributed by atoms with Gasteiger partial charge in [0.15, 0.2) is 17.3 Å². The minimum Gasteiger partial charge on any atom is -0.490 e. The number of halogens is 1. The molecule has 0 fully saturated rings. The molecule has 1 aromatic heterocycles. The van der Waals surface area contributed by atoms with Gasteiger partial charge in [-0.2, -0.15) is 5.10 Å². The summed E-state index contributed by atoms with van der Waals surface area (Å²) in [6, 6.07) is 5.56. The number of H-pyrrole nitrogens is 1. The first-order chi connectivity index (χ1) is 10.6. The highest BCUT2D eigenvalue weighted by Gasteiger charge is 2.16. The number of aromatic amines is 1. The Hall–Kier alpha value is -2.41. The second kappa shape index (κ2) is 6.15. The number of benzene rings is 1. The largest absolute Gasteiger partial charge is 0.490 e. The van der Waals surface area contributed by atoms with Crippen LogP contribution < -0.4 is 20.5 Å². The average molecular weight is 323 g/mol. The minimum absolute atomic E-state index is 0.0994. The highest BCUT2D eigenvalue weighted by atomic mass is 35.5. The Morgan fingerprint density at radius 2 is 2.14 bits per heavy atom. The lowest BCUT2D eigenvalue weighted by Gasteiger charge is -2.10. The van der Waals surface area contributed by atoms with Crippen molar-refractivity contribution in [3.63, 3.8) is 0 Å². The molecule has 8 heteroatoms. The number of carbonyl (C=O) groups is 1. The quantitative estimate of drug-likeness (QED) is 0.798. The van der Waals surface area contributed by atoms with Gasteiger partial charge in [-0.05, 0) is 17.7 Å². The van der Waals surface area contributed by atoms with Crippen molar-refractivity contribution in [3.05, 3.63) is 34.5 Å². The Morgan fingerprint density at radius 3 is 2.86 bits per heavy atom. The van der Waals surface area contributed by atoms with Crippen LogP contribution in [-0.4, -0.2) is 29.3 Å². The van der Waals surface area contributed by atoms with E-state index in [1.807, 2.05) is 18.2 Å². The van der Waals surface area contributed by atoms with E-state index in [1.165, 1.54) is 0 Å². The van der Waals surface area contributed by atoms with Crippen molar-refractivity contribution in [1.82, 2.24) is 15.5 Å². The fourth-order valence-electron chi connectivity index (χ4n) is 2.08. The highest BCUT2D eigenvalue weighted by molar-refractivity contribution is 6.35. The number of amides is 1. The Kier molecular flexibility index (Phi) is 4.06. The van der Waals surface area contributed by atoms with Crippen LogP contribution in [0.2, 0.25) is 5.02 Å². The lowest BCUT2D eigenvalue weighted by atomic mass is 10.2. The minimum atomic E-state index is -0.374. The molecule has 22 heavy (non-hydrogen) atoms. The van der Waals surface area contributed by atoms with Crippen LogP contribution in [-0.2, 0) is 6.54 Å². The topological polar surface area (TPSA) is 102 Å². The Morgan fingerprint density at radius 1 is 1.36 bits per heavy atom. The van der Waals surface area contributed by atoms with Crippen molar-refractivity contribution >= 4 is 23.3 Å². The maximum atomic E-state index is 12.0. The van der Waals surface area contributed by atoms with E-state index in [4.69, 9.17) is 26.8 Å². The third-order valence-corrected chi connectivity index (χ3v) is 3.61. The molecule has 2 aromatic rings. The summed E-state index contributed by atoms with van der Waals surface area (Å²) in [5.74, 6) is 1.13. The molecule has 4 N–H and O–H groups in total. The van der Waals surface area contributed by atoms with Crippen molar-refractivity contribution in [2.75, 3.05) is 18.9 Å². The summed E-state index contributed by atoms with van der Waals surface area (Å²) in [4.78, 5) is 12.0. The molecule has 1 aliphatic heterocycles. The van der Waals surface area contributed by atoms with E-state index in [2.05, 4.69) is 15.5 Å². The molecular weight excluding hydrogens is 308 g/mol. The number of carbonyl (C=O) groups excluding carboxylic acids is 1. The third-order valence-electron chi connectivity index (χ3n) is 3.22. The van der Waals surface area contributed by atoms with Crippen LogP contribution in [0.5, 0.6) is 11.5 Å². The normalized spacial score (nSPS) is 13.5. The predicted octanol–water partition coefficient (Wildman–Crippen LogP) is 1.74. The summed E-state index contributed by atoms with van der Waals surface area (Å²) in [7, 11) is 0. The second-order valence-corrected chi connectivity index (χ2v) is 5.19. The summed E-state index contributed by atoms with van der Waals surface area (Å²) in [5.41, 5.74) is 6.53. The number of ether oxygens (including phenoxy) is 2. The van der Waals surface area contributed by atoms with Gasteiger partial charge in [0, 0.05) is 13.0 Å². The van der Waals surface area contributed by atoms with Gasteiger partial charge in [-0.25, -0.2) is 0 Å². The number of nitrogens with one attached hydrogen (secondary N) is 2. The van der Waals surface area contributed by atoms with Gasteiger partial charge in [-0.15, -0.1) is 0 Å². The van der Waals surface area contributed by atoms with E-state index in [9.17, 15) is 4.79 Å². The number of rotatable bonds is 3. The van der Waals surface area contributed by atoms with Crippen LogP contribution in [0.1, 0.15) is 22.5 Å². The molecule has 0 bridgehead atoms. The maximum absolute atomic E-state index is 12.0. The first-order valence-electron chi connectivity index (χ1n) is 6.81.